The molecule has 0 atom stereocenters. The number of para-hydroxylation sites is 1. The van der Waals surface area contributed by atoms with Gasteiger partial charge in [0.25, 0.3) is 0 Å². The van der Waals surface area contributed by atoms with E-state index in [9.17, 15) is 0 Å². The van der Waals surface area contributed by atoms with Gasteiger partial charge in [0, 0.05) is 33.9 Å². The van der Waals surface area contributed by atoms with E-state index in [0.29, 0.717) is 0 Å². The first kappa shape index (κ1) is 33.2. The number of fused-ring (bicyclic) bond motifs is 3. The van der Waals surface area contributed by atoms with E-state index in [-0.39, 0.29) is 0 Å². The molecule has 0 unspecified atom stereocenters. The molecule has 0 aliphatic rings. The molecular weight excluding hydrogens is 679 g/mol. The molecule has 0 saturated heterocycles. The molecule has 56 heavy (non-hydrogen) atoms. The maximum atomic E-state index is 6.33. The highest BCUT2D eigenvalue weighted by molar-refractivity contribution is 6.06. The lowest BCUT2D eigenvalue weighted by Crippen LogP contribution is -2.09. The second kappa shape index (κ2) is 14.4. The molecule has 10 aromatic rings. The van der Waals surface area contributed by atoms with Crippen molar-refractivity contribution in [3.63, 3.8) is 0 Å². The fourth-order valence-corrected chi connectivity index (χ4v) is 7.76. The molecule has 1 aromatic heterocycles. The molecule has 0 radical (unpaired) electrons. The van der Waals surface area contributed by atoms with E-state index in [4.69, 9.17) is 4.42 Å². The highest BCUT2D eigenvalue weighted by Gasteiger charge is 2.16. The lowest BCUT2D eigenvalue weighted by molar-refractivity contribution is 0.669. The number of benzene rings is 9. The summed E-state index contributed by atoms with van der Waals surface area (Å²) in [6.45, 7) is 0. The second-order valence-electron chi connectivity index (χ2n) is 14.2. The fourth-order valence-electron chi connectivity index (χ4n) is 7.76. The van der Waals surface area contributed by atoms with Gasteiger partial charge in [0.1, 0.15) is 11.2 Å². The van der Waals surface area contributed by atoms with Crippen molar-refractivity contribution in [1.82, 2.24) is 0 Å². The van der Waals surface area contributed by atoms with Crippen molar-refractivity contribution in [3.05, 3.63) is 224 Å². The van der Waals surface area contributed by atoms with Gasteiger partial charge in [0.15, 0.2) is 0 Å². The minimum absolute atomic E-state index is 0.873. The maximum Gasteiger partial charge on any atom is 0.137 e. The third-order valence-electron chi connectivity index (χ3n) is 10.7. The minimum atomic E-state index is 0.873. The molecular formula is C54H37NO. The van der Waals surface area contributed by atoms with Crippen LogP contribution < -0.4 is 4.90 Å². The molecule has 1 heterocycles. The van der Waals surface area contributed by atoms with Crippen LogP contribution in [0.3, 0.4) is 0 Å². The highest BCUT2D eigenvalue weighted by atomic mass is 16.3. The number of furan rings is 1. The van der Waals surface area contributed by atoms with Gasteiger partial charge in [0.05, 0.1) is 0 Å². The van der Waals surface area contributed by atoms with E-state index < -0.39 is 0 Å². The zero-order chi connectivity index (χ0) is 37.3. The van der Waals surface area contributed by atoms with Gasteiger partial charge in [-0.1, -0.05) is 170 Å². The van der Waals surface area contributed by atoms with E-state index in [0.717, 1.165) is 39.0 Å². The summed E-state index contributed by atoms with van der Waals surface area (Å²) in [5.41, 5.74) is 17.0. The molecule has 0 fully saturated rings. The Morgan fingerprint density at radius 1 is 0.232 bits per heavy atom. The summed E-state index contributed by atoms with van der Waals surface area (Å²) in [6.07, 6.45) is 0. The standard InChI is InChI=1S/C54H37NO/c1-3-10-38(11-4-1)40-18-22-44(23-19-40)46-14-9-15-47(36-46)45-24-20-41(21-25-45)43-28-32-49(33-29-43)55(48-30-26-42(27-31-48)39-12-5-2-6-13-39)50-34-35-52-51-16-7-8-17-53(51)56-54(52)37-50/h1-37H. The molecule has 2 heteroatoms. The van der Waals surface area contributed by atoms with Gasteiger partial charge in [-0.2, -0.15) is 0 Å². The van der Waals surface area contributed by atoms with Crippen molar-refractivity contribution < 1.29 is 4.42 Å². The molecule has 2 nitrogen and oxygen atoms in total. The molecule has 0 aliphatic carbocycles. The van der Waals surface area contributed by atoms with Gasteiger partial charge in [-0.05, 0) is 104 Å². The van der Waals surface area contributed by atoms with Crippen molar-refractivity contribution in [1.29, 1.82) is 0 Å². The normalized spacial score (nSPS) is 11.2. The van der Waals surface area contributed by atoms with E-state index in [1.54, 1.807) is 0 Å². The largest absolute Gasteiger partial charge is 0.456 e. The van der Waals surface area contributed by atoms with Gasteiger partial charge < -0.3 is 9.32 Å². The number of hydrogen-bond donors (Lipinski definition) is 0. The van der Waals surface area contributed by atoms with Gasteiger partial charge in [-0.3, -0.25) is 0 Å². The smallest absolute Gasteiger partial charge is 0.137 e. The van der Waals surface area contributed by atoms with Gasteiger partial charge >= 0.3 is 0 Å². The molecule has 0 N–H and O–H groups in total. The summed E-state index contributed by atoms with van der Waals surface area (Å²) in [7, 11) is 0. The average molecular weight is 716 g/mol. The van der Waals surface area contributed by atoms with Crippen LogP contribution in [0.15, 0.2) is 229 Å². The Hall–Kier alpha value is -7.42. The van der Waals surface area contributed by atoms with Crippen LogP contribution >= 0.6 is 0 Å². The van der Waals surface area contributed by atoms with Gasteiger partial charge in [-0.15, -0.1) is 0 Å². The maximum absolute atomic E-state index is 6.33. The predicted molar refractivity (Wildman–Crippen MR) is 236 cm³/mol. The Morgan fingerprint density at radius 2 is 0.589 bits per heavy atom. The summed E-state index contributed by atoms with van der Waals surface area (Å²) >= 11 is 0. The van der Waals surface area contributed by atoms with Crippen LogP contribution in [0.2, 0.25) is 0 Å². The molecule has 9 aromatic carbocycles. The summed E-state index contributed by atoms with van der Waals surface area (Å²) in [5.74, 6) is 0. The zero-order valence-corrected chi connectivity index (χ0v) is 30.7. The number of anilines is 3. The Kier molecular flexibility index (Phi) is 8.55. The van der Waals surface area contributed by atoms with Crippen LogP contribution in [0.4, 0.5) is 17.1 Å². The lowest BCUT2D eigenvalue weighted by Gasteiger charge is -2.26. The fraction of sp³-hybridized carbons (Fsp3) is 0. The summed E-state index contributed by atoms with van der Waals surface area (Å²) < 4.78 is 6.33. The van der Waals surface area contributed by atoms with Crippen molar-refractivity contribution in [2.45, 2.75) is 0 Å². The van der Waals surface area contributed by atoms with Gasteiger partial charge in [-0.25, -0.2) is 0 Å². The van der Waals surface area contributed by atoms with E-state index >= 15 is 0 Å². The molecule has 10 rings (SSSR count). The highest BCUT2D eigenvalue weighted by Crippen LogP contribution is 2.40. The summed E-state index contributed by atoms with van der Waals surface area (Å²) in [5, 5.41) is 2.25. The van der Waals surface area contributed by atoms with E-state index in [1.165, 1.54) is 55.6 Å². The molecule has 0 amide bonds. The summed E-state index contributed by atoms with van der Waals surface area (Å²) in [6, 6.07) is 80.0. The van der Waals surface area contributed by atoms with Gasteiger partial charge in [0.2, 0.25) is 0 Å². The van der Waals surface area contributed by atoms with Crippen LogP contribution in [-0.2, 0) is 0 Å². The first-order chi connectivity index (χ1) is 27.7. The first-order valence-corrected chi connectivity index (χ1v) is 19.1. The first-order valence-electron chi connectivity index (χ1n) is 19.1. The second-order valence-corrected chi connectivity index (χ2v) is 14.2. The van der Waals surface area contributed by atoms with Crippen LogP contribution in [0.1, 0.15) is 0 Å². The van der Waals surface area contributed by atoms with E-state index in [2.05, 4.69) is 217 Å². The molecule has 0 saturated carbocycles. The number of nitrogens with zero attached hydrogens (tertiary/aromatic N) is 1. The Bertz CT molecular complexity index is 2910. The SMILES string of the molecule is c1ccc(-c2ccc(-c3cccc(-c4ccc(-c5ccc(N(c6ccc(-c7ccccc7)cc6)c6ccc7c(c6)oc6ccccc67)cc5)cc4)c3)cc2)cc1. The Morgan fingerprint density at radius 3 is 1.09 bits per heavy atom. The third-order valence-corrected chi connectivity index (χ3v) is 10.7. The lowest BCUT2D eigenvalue weighted by atomic mass is 9.96. The molecule has 0 bridgehead atoms. The zero-order valence-electron chi connectivity index (χ0n) is 30.7. The van der Waals surface area contributed by atoms with Crippen LogP contribution in [-0.4, -0.2) is 0 Å². The number of hydrogen-bond acceptors (Lipinski definition) is 2. The van der Waals surface area contributed by atoms with Crippen molar-refractivity contribution in [3.8, 4) is 55.6 Å². The number of rotatable bonds is 8. The molecule has 0 spiro atoms. The Labute approximate surface area is 327 Å². The van der Waals surface area contributed by atoms with Crippen molar-refractivity contribution in [2.24, 2.45) is 0 Å². The quantitative estimate of drug-likeness (QED) is 0.156. The topological polar surface area (TPSA) is 16.4 Å². The van der Waals surface area contributed by atoms with Crippen LogP contribution in [0.5, 0.6) is 0 Å². The molecule has 264 valence electrons. The minimum Gasteiger partial charge on any atom is -0.456 e. The van der Waals surface area contributed by atoms with Crippen molar-refractivity contribution >= 4 is 39.0 Å². The predicted octanol–water partition coefficient (Wildman–Crippen LogP) is 15.4. The van der Waals surface area contributed by atoms with Crippen LogP contribution in [0.25, 0.3) is 77.6 Å². The molecule has 0 aliphatic heterocycles. The average Bonchev–Trinajstić information content (AvgIpc) is 3.66. The van der Waals surface area contributed by atoms with Crippen molar-refractivity contribution in [2.75, 3.05) is 4.90 Å². The monoisotopic (exact) mass is 715 g/mol. The van der Waals surface area contributed by atoms with E-state index in [1.807, 2.05) is 12.1 Å². The summed E-state index contributed by atoms with van der Waals surface area (Å²) in [4.78, 5) is 2.30. The Balaban J connectivity index is 0.937. The van der Waals surface area contributed by atoms with Crippen LogP contribution in [0, 0.1) is 0 Å². The third kappa shape index (κ3) is 6.44.